The second kappa shape index (κ2) is 7.92. The smallest absolute Gasteiger partial charge is 0.229 e. The highest BCUT2D eigenvalue weighted by Gasteiger charge is 2.41. The van der Waals surface area contributed by atoms with Crippen LogP contribution in [0.25, 0.3) is 0 Å². The van der Waals surface area contributed by atoms with Crippen LogP contribution in [-0.4, -0.2) is 63.1 Å². The summed E-state index contributed by atoms with van der Waals surface area (Å²) in [4.78, 5) is 13.7. The molecular weight excluding hydrogens is 382 g/mol. The second-order valence-electron chi connectivity index (χ2n) is 8.15. The molecule has 1 aromatic heterocycles. The molecule has 4 heterocycles. The highest BCUT2D eigenvalue weighted by atomic mass is 16.5. The molecule has 0 unspecified atom stereocenters. The van der Waals surface area contributed by atoms with Gasteiger partial charge < -0.3 is 29.7 Å². The predicted octanol–water partition coefficient (Wildman–Crippen LogP) is 1.97. The van der Waals surface area contributed by atoms with E-state index in [9.17, 15) is 0 Å². The number of nitrogens with two attached hydrogens (primary N) is 1. The van der Waals surface area contributed by atoms with Crippen LogP contribution in [-0.2, 0) is 21.5 Å². The molecule has 2 aromatic rings. The van der Waals surface area contributed by atoms with E-state index in [1.807, 2.05) is 12.1 Å². The Morgan fingerprint density at radius 3 is 2.57 bits per heavy atom. The Labute approximate surface area is 176 Å². The fourth-order valence-electron chi connectivity index (χ4n) is 4.80. The van der Waals surface area contributed by atoms with E-state index in [4.69, 9.17) is 24.9 Å². The Morgan fingerprint density at radius 1 is 1.00 bits per heavy atom. The van der Waals surface area contributed by atoms with Crippen molar-refractivity contribution in [1.82, 2.24) is 9.97 Å². The lowest BCUT2D eigenvalue weighted by molar-refractivity contribution is -0.0767. The molecule has 2 saturated heterocycles. The van der Waals surface area contributed by atoms with Gasteiger partial charge in [-0.15, -0.1) is 0 Å². The molecule has 1 aromatic carbocycles. The van der Waals surface area contributed by atoms with Gasteiger partial charge >= 0.3 is 0 Å². The quantitative estimate of drug-likeness (QED) is 0.821. The van der Waals surface area contributed by atoms with Crippen LogP contribution >= 0.6 is 0 Å². The first-order valence-electron chi connectivity index (χ1n) is 10.7. The van der Waals surface area contributed by atoms with E-state index in [-0.39, 0.29) is 5.60 Å². The largest absolute Gasteiger partial charge is 0.497 e. The third kappa shape index (κ3) is 3.54. The van der Waals surface area contributed by atoms with Gasteiger partial charge in [0.25, 0.3) is 0 Å². The van der Waals surface area contributed by atoms with Crippen LogP contribution in [0.3, 0.4) is 0 Å². The second-order valence-corrected chi connectivity index (χ2v) is 8.15. The van der Waals surface area contributed by atoms with Gasteiger partial charge in [-0.3, -0.25) is 0 Å². The van der Waals surface area contributed by atoms with Crippen molar-refractivity contribution >= 4 is 17.6 Å². The van der Waals surface area contributed by atoms with Gasteiger partial charge in [-0.05, 0) is 42.5 Å². The fraction of sp³-hybridized carbons (Fsp3) is 0.545. The van der Waals surface area contributed by atoms with Crippen LogP contribution in [0.5, 0.6) is 5.75 Å². The molecule has 160 valence electrons. The number of benzene rings is 1. The number of nitrogen functional groups attached to an aromatic ring is 1. The van der Waals surface area contributed by atoms with Gasteiger partial charge in [0, 0.05) is 32.2 Å². The summed E-state index contributed by atoms with van der Waals surface area (Å²) in [5.41, 5.74) is 8.56. The molecule has 0 saturated carbocycles. The SMILES string of the molecule is COc1ccc2c(c1)CCOC21CCN(c2cc(N)nc(N3CCOCC3)n2)CC1. The fourth-order valence-corrected chi connectivity index (χ4v) is 4.80. The first-order valence-corrected chi connectivity index (χ1v) is 10.7. The molecule has 8 heteroatoms. The Kier molecular flexibility index (Phi) is 5.12. The highest BCUT2D eigenvalue weighted by molar-refractivity contribution is 5.53. The molecule has 0 amide bonds. The molecular formula is C22H29N5O3. The number of aromatic nitrogens is 2. The zero-order valence-corrected chi connectivity index (χ0v) is 17.5. The molecule has 0 atom stereocenters. The van der Waals surface area contributed by atoms with E-state index < -0.39 is 0 Å². The lowest BCUT2D eigenvalue weighted by Gasteiger charge is -2.45. The van der Waals surface area contributed by atoms with Gasteiger partial charge in [0.2, 0.25) is 5.95 Å². The number of anilines is 3. The molecule has 30 heavy (non-hydrogen) atoms. The standard InChI is InChI=1S/C22H29N5O3/c1-28-17-2-3-18-16(14-17)4-11-30-22(18)5-7-26(8-6-22)20-15-19(23)24-21(25-20)27-9-12-29-13-10-27/h2-3,14-15H,4-13H2,1H3,(H2,23,24,25). The topological polar surface area (TPSA) is 86.0 Å². The van der Waals surface area contributed by atoms with E-state index in [0.29, 0.717) is 25.0 Å². The first-order chi connectivity index (χ1) is 14.7. The van der Waals surface area contributed by atoms with Crippen LogP contribution in [0.15, 0.2) is 24.3 Å². The van der Waals surface area contributed by atoms with Gasteiger partial charge in [0.1, 0.15) is 17.4 Å². The van der Waals surface area contributed by atoms with Gasteiger partial charge in [0.15, 0.2) is 0 Å². The number of ether oxygens (including phenoxy) is 3. The number of rotatable bonds is 3. The Balaban J connectivity index is 1.35. The maximum Gasteiger partial charge on any atom is 0.229 e. The number of piperidine rings is 1. The molecule has 5 rings (SSSR count). The van der Waals surface area contributed by atoms with E-state index in [2.05, 4.69) is 26.9 Å². The van der Waals surface area contributed by atoms with Crippen LogP contribution < -0.4 is 20.3 Å². The number of nitrogens with zero attached hydrogens (tertiary/aromatic N) is 4. The Hall–Kier alpha value is -2.58. The van der Waals surface area contributed by atoms with Gasteiger partial charge in [-0.2, -0.15) is 9.97 Å². The molecule has 8 nitrogen and oxygen atoms in total. The zero-order valence-electron chi connectivity index (χ0n) is 17.5. The van der Waals surface area contributed by atoms with Crippen LogP contribution in [0.2, 0.25) is 0 Å². The van der Waals surface area contributed by atoms with Crippen molar-refractivity contribution in [2.75, 3.05) is 68.6 Å². The number of fused-ring (bicyclic) bond motifs is 2. The predicted molar refractivity (Wildman–Crippen MR) is 115 cm³/mol. The molecule has 2 N–H and O–H groups in total. The van der Waals surface area contributed by atoms with Crippen molar-refractivity contribution in [1.29, 1.82) is 0 Å². The van der Waals surface area contributed by atoms with Crippen LogP contribution in [0.4, 0.5) is 17.6 Å². The van der Waals surface area contributed by atoms with E-state index in [1.54, 1.807) is 7.11 Å². The van der Waals surface area contributed by atoms with Crippen molar-refractivity contribution in [2.24, 2.45) is 0 Å². The van der Waals surface area contributed by atoms with E-state index >= 15 is 0 Å². The monoisotopic (exact) mass is 411 g/mol. The Bertz CT molecular complexity index is 908. The minimum atomic E-state index is -0.220. The van der Waals surface area contributed by atoms with Crippen LogP contribution in [0.1, 0.15) is 24.0 Å². The summed E-state index contributed by atoms with van der Waals surface area (Å²) in [6.45, 7) is 5.46. The summed E-state index contributed by atoms with van der Waals surface area (Å²) in [6, 6.07) is 8.26. The maximum absolute atomic E-state index is 6.39. The summed E-state index contributed by atoms with van der Waals surface area (Å²) in [6.07, 6.45) is 2.77. The first kappa shape index (κ1) is 19.4. The molecule has 0 bridgehead atoms. The minimum Gasteiger partial charge on any atom is -0.497 e. The average Bonchev–Trinajstić information content (AvgIpc) is 2.80. The summed E-state index contributed by atoms with van der Waals surface area (Å²) in [5.74, 6) is 3.01. The third-order valence-corrected chi connectivity index (χ3v) is 6.46. The molecule has 1 spiro atoms. The normalized spacial score (nSPS) is 20.8. The minimum absolute atomic E-state index is 0.220. The van der Waals surface area contributed by atoms with Gasteiger partial charge in [-0.25, -0.2) is 0 Å². The summed E-state index contributed by atoms with van der Waals surface area (Å²) >= 11 is 0. The molecule has 2 fully saturated rings. The summed E-state index contributed by atoms with van der Waals surface area (Å²) in [5, 5.41) is 0. The number of hydrogen-bond acceptors (Lipinski definition) is 8. The highest BCUT2D eigenvalue weighted by Crippen LogP contribution is 2.43. The average molecular weight is 412 g/mol. The lowest BCUT2D eigenvalue weighted by atomic mass is 9.79. The number of hydrogen-bond donors (Lipinski definition) is 1. The third-order valence-electron chi connectivity index (χ3n) is 6.46. The molecule has 0 radical (unpaired) electrons. The van der Waals surface area contributed by atoms with Gasteiger partial charge in [0.05, 0.1) is 32.5 Å². The zero-order chi connectivity index (χ0) is 20.6. The molecule has 0 aliphatic carbocycles. The molecule has 3 aliphatic rings. The lowest BCUT2D eigenvalue weighted by Crippen LogP contribution is -2.47. The van der Waals surface area contributed by atoms with Gasteiger partial charge in [-0.1, -0.05) is 6.07 Å². The van der Waals surface area contributed by atoms with Crippen molar-refractivity contribution in [3.05, 3.63) is 35.4 Å². The molecule has 3 aliphatic heterocycles. The number of methoxy groups -OCH3 is 1. The van der Waals surface area contributed by atoms with E-state index in [1.165, 1.54) is 11.1 Å². The van der Waals surface area contributed by atoms with E-state index in [0.717, 1.165) is 63.6 Å². The summed E-state index contributed by atoms with van der Waals surface area (Å²) in [7, 11) is 1.72. The summed E-state index contributed by atoms with van der Waals surface area (Å²) < 4.78 is 17.2. The Morgan fingerprint density at radius 2 is 1.80 bits per heavy atom. The van der Waals surface area contributed by atoms with Crippen molar-refractivity contribution < 1.29 is 14.2 Å². The van der Waals surface area contributed by atoms with Crippen molar-refractivity contribution in [3.63, 3.8) is 0 Å². The number of morpholine rings is 1. The van der Waals surface area contributed by atoms with Crippen LogP contribution in [0, 0.1) is 0 Å². The van der Waals surface area contributed by atoms with Crippen molar-refractivity contribution in [2.45, 2.75) is 24.9 Å². The van der Waals surface area contributed by atoms with Crippen molar-refractivity contribution in [3.8, 4) is 5.75 Å². The maximum atomic E-state index is 6.39.